The number of rotatable bonds is 3. The Labute approximate surface area is 117 Å². The molecule has 1 aliphatic heterocycles. The summed E-state index contributed by atoms with van der Waals surface area (Å²) < 4.78 is 5.92. The molecule has 1 aromatic heterocycles. The molecule has 1 aromatic carbocycles. The van der Waals surface area contributed by atoms with Gasteiger partial charge in [-0.15, -0.1) is 0 Å². The highest BCUT2D eigenvalue weighted by molar-refractivity contribution is 7.99. The minimum Gasteiger partial charge on any atom is -0.375 e. The van der Waals surface area contributed by atoms with E-state index >= 15 is 0 Å². The van der Waals surface area contributed by atoms with Gasteiger partial charge in [0.05, 0.1) is 24.3 Å². The van der Waals surface area contributed by atoms with Gasteiger partial charge in [0.15, 0.2) is 0 Å². The van der Waals surface area contributed by atoms with Crippen molar-refractivity contribution in [3.05, 3.63) is 42.1 Å². The molecule has 2 heterocycles. The van der Waals surface area contributed by atoms with Gasteiger partial charge in [-0.2, -0.15) is 11.8 Å². The van der Waals surface area contributed by atoms with E-state index in [2.05, 4.69) is 34.6 Å². The first-order valence-electron chi connectivity index (χ1n) is 6.60. The van der Waals surface area contributed by atoms with Crippen molar-refractivity contribution in [3.63, 3.8) is 0 Å². The molecule has 1 aliphatic rings. The van der Waals surface area contributed by atoms with Crippen LogP contribution in [0.1, 0.15) is 11.6 Å². The van der Waals surface area contributed by atoms with Crippen molar-refractivity contribution in [1.82, 2.24) is 10.3 Å². The number of nitrogens with one attached hydrogen (secondary N) is 1. The third-order valence-corrected chi connectivity index (χ3v) is 4.54. The van der Waals surface area contributed by atoms with E-state index < -0.39 is 0 Å². The van der Waals surface area contributed by atoms with E-state index in [1.807, 2.05) is 31.1 Å². The summed E-state index contributed by atoms with van der Waals surface area (Å²) in [6.45, 7) is 0.839. The zero-order valence-electron chi connectivity index (χ0n) is 11.0. The van der Waals surface area contributed by atoms with Crippen molar-refractivity contribution in [2.75, 3.05) is 25.2 Å². The predicted octanol–water partition coefficient (Wildman–Crippen LogP) is 2.63. The molecule has 0 radical (unpaired) electrons. The van der Waals surface area contributed by atoms with Crippen LogP contribution in [0.3, 0.4) is 0 Å². The predicted molar refractivity (Wildman–Crippen MR) is 80.6 cm³/mol. The van der Waals surface area contributed by atoms with Crippen LogP contribution in [0.5, 0.6) is 0 Å². The lowest BCUT2D eigenvalue weighted by Crippen LogP contribution is -2.36. The fraction of sp³-hybridized carbons (Fsp3) is 0.400. The zero-order chi connectivity index (χ0) is 13.1. The lowest BCUT2D eigenvalue weighted by Gasteiger charge is -2.30. The normalized spacial score (nSPS) is 21.4. The summed E-state index contributed by atoms with van der Waals surface area (Å²) in [5, 5.41) is 4.59. The summed E-state index contributed by atoms with van der Waals surface area (Å²) >= 11 is 1.96. The minimum atomic E-state index is 0.200. The molecule has 4 heteroatoms. The number of nitrogens with zero attached hydrogens (tertiary/aromatic N) is 1. The van der Waals surface area contributed by atoms with E-state index in [1.165, 1.54) is 10.9 Å². The molecule has 3 nitrogen and oxygen atoms in total. The Morgan fingerprint density at radius 1 is 1.37 bits per heavy atom. The summed E-state index contributed by atoms with van der Waals surface area (Å²) in [5.41, 5.74) is 2.30. The van der Waals surface area contributed by atoms with Crippen LogP contribution in [0, 0.1) is 0 Å². The van der Waals surface area contributed by atoms with Gasteiger partial charge in [0.2, 0.25) is 0 Å². The summed E-state index contributed by atoms with van der Waals surface area (Å²) in [7, 11) is 2.00. The maximum absolute atomic E-state index is 5.92. The Hall–Kier alpha value is -1.10. The van der Waals surface area contributed by atoms with Gasteiger partial charge in [-0.25, -0.2) is 0 Å². The summed E-state index contributed by atoms with van der Waals surface area (Å²) in [6, 6.07) is 10.6. The highest BCUT2D eigenvalue weighted by Gasteiger charge is 2.26. The van der Waals surface area contributed by atoms with Gasteiger partial charge in [0.25, 0.3) is 0 Å². The second-order valence-electron chi connectivity index (χ2n) is 4.67. The van der Waals surface area contributed by atoms with E-state index in [1.54, 1.807) is 0 Å². The number of pyridine rings is 1. The van der Waals surface area contributed by atoms with Crippen molar-refractivity contribution in [1.29, 1.82) is 0 Å². The van der Waals surface area contributed by atoms with Crippen LogP contribution in [-0.4, -0.2) is 36.2 Å². The van der Waals surface area contributed by atoms with Gasteiger partial charge >= 0.3 is 0 Å². The summed E-state index contributed by atoms with van der Waals surface area (Å²) in [6.07, 6.45) is 2.08. The minimum absolute atomic E-state index is 0.200. The number of thioether (sulfide) groups is 1. The van der Waals surface area contributed by atoms with Crippen LogP contribution in [0.4, 0.5) is 0 Å². The first-order valence-corrected chi connectivity index (χ1v) is 7.76. The monoisotopic (exact) mass is 274 g/mol. The molecule has 0 bridgehead atoms. The molecule has 2 aromatic rings. The number of benzene rings is 1. The number of aromatic nitrogens is 1. The van der Waals surface area contributed by atoms with E-state index in [0.29, 0.717) is 0 Å². The zero-order valence-corrected chi connectivity index (χ0v) is 11.8. The van der Waals surface area contributed by atoms with Crippen LogP contribution in [0.15, 0.2) is 36.5 Å². The SMILES string of the molecule is CNC(c1cccc2cccnc12)C1CSCCO1. The smallest absolute Gasteiger partial charge is 0.0860 e. The standard InChI is InChI=1S/C15H18N2OS/c1-16-15(13-10-19-9-8-18-13)12-6-2-4-11-5-3-7-17-14(11)12/h2-7,13,15-16H,8-10H2,1H3. The second kappa shape index (κ2) is 5.90. The first kappa shape index (κ1) is 12.9. The van der Waals surface area contributed by atoms with Crippen molar-refractivity contribution in [2.24, 2.45) is 0 Å². The highest BCUT2D eigenvalue weighted by Crippen LogP contribution is 2.29. The van der Waals surface area contributed by atoms with Gasteiger partial charge in [-0.3, -0.25) is 4.98 Å². The highest BCUT2D eigenvalue weighted by atomic mass is 32.2. The van der Waals surface area contributed by atoms with Gasteiger partial charge in [0, 0.05) is 23.1 Å². The molecule has 0 aliphatic carbocycles. The quantitative estimate of drug-likeness (QED) is 0.933. The van der Waals surface area contributed by atoms with Crippen LogP contribution >= 0.6 is 11.8 Å². The molecule has 3 rings (SSSR count). The van der Waals surface area contributed by atoms with Crippen LogP contribution in [0.2, 0.25) is 0 Å². The molecule has 1 N–H and O–H groups in total. The molecule has 0 saturated carbocycles. The Kier molecular flexibility index (Phi) is 4.01. The molecular formula is C15H18N2OS. The second-order valence-corrected chi connectivity index (χ2v) is 5.82. The summed E-state index contributed by atoms with van der Waals surface area (Å²) in [4.78, 5) is 4.54. The van der Waals surface area contributed by atoms with Crippen molar-refractivity contribution in [3.8, 4) is 0 Å². The fourth-order valence-corrected chi connectivity index (χ4v) is 3.52. The average molecular weight is 274 g/mol. The Bertz CT molecular complexity index is 549. The topological polar surface area (TPSA) is 34.2 Å². The number of likely N-dealkylation sites (N-methyl/N-ethyl adjacent to an activating group) is 1. The third kappa shape index (κ3) is 2.61. The molecule has 2 unspecified atom stereocenters. The van der Waals surface area contributed by atoms with Crippen molar-refractivity contribution < 1.29 is 4.74 Å². The molecule has 19 heavy (non-hydrogen) atoms. The van der Waals surface area contributed by atoms with Gasteiger partial charge < -0.3 is 10.1 Å². The molecule has 1 saturated heterocycles. The largest absolute Gasteiger partial charge is 0.375 e. The maximum Gasteiger partial charge on any atom is 0.0860 e. The molecular weight excluding hydrogens is 256 g/mol. The molecule has 2 atom stereocenters. The number of para-hydroxylation sites is 1. The molecule has 100 valence electrons. The number of ether oxygens (including phenoxy) is 1. The molecule has 0 amide bonds. The van der Waals surface area contributed by atoms with Gasteiger partial charge in [-0.1, -0.05) is 24.3 Å². The number of hydrogen-bond acceptors (Lipinski definition) is 4. The van der Waals surface area contributed by atoms with E-state index in [0.717, 1.165) is 23.6 Å². The van der Waals surface area contributed by atoms with Crippen molar-refractivity contribution >= 4 is 22.7 Å². The number of fused-ring (bicyclic) bond motifs is 1. The lowest BCUT2D eigenvalue weighted by atomic mass is 9.99. The Balaban J connectivity index is 2.00. The van der Waals surface area contributed by atoms with Crippen LogP contribution < -0.4 is 5.32 Å². The van der Waals surface area contributed by atoms with Gasteiger partial charge in [-0.05, 0) is 18.7 Å². The van der Waals surface area contributed by atoms with Gasteiger partial charge in [0.1, 0.15) is 0 Å². The van der Waals surface area contributed by atoms with Crippen molar-refractivity contribution in [2.45, 2.75) is 12.1 Å². The van der Waals surface area contributed by atoms with Crippen LogP contribution in [0.25, 0.3) is 10.9 Å². The lowest BCUT2D eigenvalue weighted by molar-refractivity contribution is 0.0491. The third-order valence-electron chi connectivity index (χ3n) is 3.52. The molecule has 1 fully saturated rings. The maximum atomic E-state index is 5.92. The Morgan fingerprint density at radius 2 is 2.26 bits per heavy atom. The summed E-state index contributed by atoms with van der Waals surface area (Å²) in [5.74, 6) is 2.13. The van der Waals surface area contributed by atoms with E-state index in [-0.39, 0.29) is 12.1 Å². The van der Waals surface area contributed by atoms with E-state index in [9.17, 15) is 0 Å². The number of hydrogen-bond donors (Lipinski definition) is 1. The first-order chi connectivity index (χ1) is 9.40. The van der Waals surface area contributed by atoms with Crippen LogP contribution in [-0.2, 0) is 4.74 Å². The average Bonchev–Trinajstić information content (AvgIpc) is 2.49. The Morgan fingerprint density at radius 3 is 3.05 bits per heavy atom. The molecule has 0 spiro atoms. The van der Waals surface area contributed by atoms with E-state index in [4.69, 9.17) is 4.74 Å². The fourth-order valence-electron chi connectivity index (χ4n) is 2.62.